The zero-order valence-electron chi connectivity index (χ0n) is 34.8. The van der Waals surface area contributed by atoms with E-state index in [9.17, 15) is 9.59 Å². The van der Waals surface area contributed by atoms with Gasteiger partial charge in [-0.1, -0.05) is 77.9 Å². The summed E-state index contributed by atoms with van der Waals surface area (Å²) in [5.41, 5.74) is 13.4. The summed E-state index contributed by atoms with van der Waals surface area (Å²) in [5, 5.41) is 7.48. The molecule has 0 aromatic heterocycles. The standard InChI is InChI=1S/C42H61N5O9Si2/c1-47(42(49)55-41-38-16-8-6-14-36(38)37-15-7-9-17-39(37)41)20-11-31-57(2,3)56-58(4,5)35-13-10-12-34(32-35)33-40(48)44-18-21-50-23-25-52-27-29-54-30-28-53-26-24-51-22-19-45-46-43/h6-10,12-17,32,41H,11,18-31,33H2,1-5H3,(H,44,48). The van der Waals surface area contributed by atoms with Crippen molar-refractivity contribution in [2.45, 2.75) is 51.2 Å². The molecule has 0 bridgehead atoms. The lowest BCUT2D eigenvalue weighted by Gasteiger charge is -2.35. The van der Waals surface area contributed by atoms with Crippen LogP contribution in [0.2, 0.25) is 32.2 Å². The molecule has 0 aliphatic heterocycles. The van der Waals surface area contributed by atoms with Gasteiger partial charge in [-0.3, -0.25) is 4.79 Å². The summed E-state index contributed by atoms with van der Waals surface area (Å²) < 4.78 is 40.3. The van der Waals surface area contributed by atoms with Crippen LogP contribution in [-0.4, -0.2) is 126 Å². The maximum Gasteiger partial charge on any atom is 0.410 e. The molecule has 4 rings (SSSR count). The van der Waals surface area contributed by atoms with E-state index in [4.69, 9.17) is 38.1 Å². The van der Waals surface area contributed by atoms with E-state index in [-0.39, 0.29) is 18.4 Å². The number of nitrogens with zero attached hydrogens (tertiary/aromatic N) is 4. The number of amides is 2. The molecular weight excluding hydrogens is 775 g/mol. The Bertz CT molecular complexity index is 1730. The average Bonchev–Trinajstić information content (AvgIpc) is 3.51. The van der Waals surface area contributed by atoms with Gasteiger partial charge in [0.05, 0.1) is 72.5 Å². The number of carbonyl (C=O) groups is 2. The van der Waals surface area contributed by atoms with Gasteiger partial charge in [0, 0.05) is 42.7 Å². The first-order chi connectivity index (χ1) is 28.0. The van der Waals surface area contributed by atoms with E-state index in [1.54, 1.807) is 11.9 Å². The highest BCUT2D eigenvalue weighted by molar-refractivity contribution is 6.92. The Kier molecular flexibility index (Phi) is 19.9. The van der Waals surface area contributed by atoms with Gasteiger partial charge in [0.25, 0.3) is 0 Å². The zero-order valence-corrected chi connectivity index (χ0v) is 36.8. The van der Waals surface area contributed by atoms with Crippen molar-refractivity contribution in [3.63, 3.8) is 0 Å². The molecule has 0 spiro atoms. The molecular formula is C42H61N5O9Si2. The maximum atomic E-state index is 13.2. The summed E-state index contributed by atoms with van der Waals surface area (Å²) in [4.78, 5) is 30.3. The van der Waals surface area contributed by atoms with Crippen molar-refractivity contribution in [2.75, 3.05) is 92.8 Å². The van der Waals surface area contributed by atoms with Crippen LogP contribution in [-0.2, 0) is 43.8 Å². The van der Waals surface area contributed by atoms with Crippen LogP contribution >= 0.6 is 0 Å². The number of benzene rings is 3. The van der Waals surface area contributed by atoms with E-state index >= 15 is 0 Å². The molecule has 2 amide bonds. The predicted molar refractivity (Wildman–Crippen MR) is 229 cm³/mol. The van der Waals surface area contributed by atoms with Gasteiger partial charge in [0.2, 0.25) is 14.2 Å². The molecule has 0 radical (unpaired) electrons. The second kappa shape index (κ2) is 24.7. The Labute approximate surface area is 345 Å². The highest BCUT2D eigenvalue weighted by Crippen LogP contribution is 2.45. The molecule has 0 saturated carbocycles. The van der Waals surface area contributed by atoms with Gasteiger partial charge in [-0.25, -0.2) is 4.79 Å². The lowest BCUT2D eigenvalue weighted by molar-refractivity contribution is -0.120. The van der Waals surface area contributed by atoms with Crippen LogP contribution < -0.4 is 10.5 Å². The van der Waals surface area contributed by atoms with Crippen molar-refractivity contribution >= 4 is 33.8 Å². The molecule has 1 aliphatic carbocycles. The molecule has 0 unspecified atom stereocenters. The molecule has 58 heavy (non-hydrogen) atoms. The third-order valence-electron chi connectivity index (χ3n) is 9.55. The summed E-state index contributed by atoms with van der Waals surface area (Å²) in [7, 11) is -2.59. The monoisotopic (exact) mass is 835 g/mol. The third-order valence-corrected chi connectivity index (χ3v) is 17.1. The maximum absolute atomic E-state index is 13.2. The van der Waals surface area contributed by atoms with Crippen molar-refractivity contribution in [3.8, 4) is 11.1 Å². The van der Waals surface area contributed by atoms with Crippen molar-refractivity contribution in [2.24, 2.45) is 5.11 Å². The fourth-order valence-corrected chi connectivity index (χ4v) is 15.2. The Morgan fingerprint density at radius 1 is 0.759 bits per heavy atom. The molecule has 16 heteroatoms. The first kappa shape index (κ1) is 46.6. The largest absolute Gasteiger partial charge is 0.452 e. The Balaban J connectivity index is 1.06. The van der Waals surface area contributed by atoms with Crippen LogP contribution in [0.4, 0.5) is 4.79 Å². The van der Waals surface area contributed by atoms with Crippen molar-refractivity contribution in [3.05, 3.63) is 99.9 Å². The van der Waals surface area contributed by atoms with Gasteiger partial charge in [0.15, 0.2) is 14.4 Å². The number of hydrogen-bond donors (Lipinski definition) is 1. The van der Waals surface area contributed by atoms with Crippen LogP contribution in [0.15, 0.2) is 77.9 Å². The molecule has 1 N–H and O–H groups in total. The van der Waals surface area contributed by atoms with Crippen molar-refractivity contribution < 1.29 is 42.1 Å². The van der Waals surface area contributed by atoms with Crippen molar-refractivity contribution in [1.82, 2.24) is 10.2 Å². The number of hydrogen-bond acceptors (Lipinski definition) is 10. The quantitative estimate of drug-likeness (QED) is 0.0279. The molecule has 316 valence electrons. The van der Waals surface area contributed by atoms with Gasteiger partial charge in [0.1, 0.15) is 0 Å². The second-order valence-electron chi connectivity index (χ2n) is 15.1. The number of carbonyl (C=O) groups excluding carboxylic acids is 2. The minimum absolute atomic E-state index is 0.0601. The van der Waals surface area contributed by atoms with Crippen molar-refractivity contribution in [1.29, 1.82) is 0 Å². The topological polar surface area (TPSA) is 163 Å². The summed E-state index contributed by atoms with van der Waals surface area (Å²) >= 11 is 0. The van der Waals surface area contributed by atoms with Gasteiger partial charge in [-0.05, 0) is 66.1 Å². The smallest absolute Gasteiger partial charge is 0.410 e. The molecule has 3 aromatic carbocycles. The Morgan fingerprint density at radius 3 is 1.90 bits per heavy atom. The SMILES string of the molecule is CN(CCC[Si](C)(C)O[Si](C)(C)c1cccc(CC(=O)NCCOCCOCCOCCOCCOCCN=[N+]=[N-])c1)C(=O)OC1c2ccccc2-c2ccccc21. The molecule has 0 heterocycles. The predicted octanol–water partition coefficient (Wildman–Crippen LogP) is 6.60. The van der Waals surface area contributed by atoms with Crippen LogP contribution in [0, 0.1) is 0 Å². The minimum atomic E-state index is -2.29. The van der Waals surface area contributed by atoms with Gasteiger partial charge >= 0.3 is 6.09 Å². The number of azide groups is 1. The van der Waals surface area contributed by atoms with Crippen LogP contribution in [0.3, 0.4) is 0 Å². The average molecular weight is 836 g/mol. The number of rotatable bonds is 28. The minimum Gasteiger partial charge on any atom is -0.452 e. The number of fused-ring (bicyclic) bond motifs is 3. The lowest BCUT2D eigenvalue weighted by Crippen LogP contribution is -2.52. The molecule has 0 saturated heterocycles. The first-order valence-electron chi connectivity index (χ1n) is 20.1. The Morgan fingerprint density at radius 2 is 1.31 bits per heavy atom. The van der Waals surface area contributed by atoms with Crippen LogP contribution in [0.25, 0.3) is 21.6 Å². The summed E-state index contributed by atoms with van der Waals surface area (Å²) in [6, 6.07) is 25.3. The highest BCUT2D eigenvalue weighted by atomic mass is 28.4. The third kappa shape index (κ3) is 15.9. The number of nitrogens with one attached hydrogen (secondary N) is 1. The summed E-state index contributed by atoms with van der Waals surface area (Å²) in [6.45, 7) is 14.6. The molecule has 0 fully saturated rings. The molecule has 14 nitrogen and oxygen atoms in total. The summed E-state index contributed by atoms with van der Waals surface area (Å²) in [5.74, 6) is -0.0601. The van der Waals surface area contributed by atoms with Gasteiger partial charge in [-0.15, -0.1) is 0 Å². The van der Waals surface area contributed by atoms with Crippen LogP contribution in [0.5, 0.6) is 0 Å². The van der Waals surface area contributed by atoms with E-state index < -0.39 is 22.7 Å². The number of ether oxygens (including phenoxy) is 6. The lowest BCUT2D eigenvalue weighted by atomic mass is 10.1. The normalized spacial score (nSPS) is 12.4. The molecule has 3 aromatic rings. The Hall–Kier alpha value is -4.10. The highest BCUT2D eigenvalue weighted by Gasteiger charge is 2.35. The molecule has 0 atom stereocenters. The van der Waals surface area contributed by atoms with Gasteiger partial charge < -0.3 is 42.8 Å². The first-order valence-corrected chi connectivity index (χ1v) is 26.1. The fraction of sp³-hybridized carbons (Fsp3) is 0.524. The van der Waals surface area contributed by atoms with Gasteiger partial charge in [-0.2, -0.15) is 0 Å². The fourth-order valence-electron chi connectivity index (χ4n) is 6.76. The van der Waals surface area contributed by atoms with E-state index in [2.05, 4.69) is 65.8 Å². The van der Waals surface area contributed by atoms with E-state index in [1.165, 1.54) is 0 Å². The molecule has 1 aliphatic rings. The zero-order chi connectivity index (χ0) is 41.6. The summed E-state index contributed by atoms with van der Waals surface area (Å²) in [6.07, 6.45) is 0.357. The van der Waals surface area contributed by atoms with E-state index in [0.717, 1.165) is 45.5 Å². The second-order valence-corrected chi connectivity index (χ2v) is 23.5. The van der Waals surface area contributed by atoms with E-state index in [1.807, 2.05) is 48.5 Å². The van der Waals surface area contributed by atoms with E-state index in [0.29, 0.717) is 85.7 Å². The van der Waals surface area contributed by atoms with Crippen LogP contribution in [0.1, 0.15) is 29.2 Å².